The average molecular weight is 363 g/mol. The van der Waals surface area contributed by atoms with E-state index in [0.29, 0.717) is 18.2 Å². The van der Waals surface area contributed by atoms with Crippen molar-refractivity contribution in [3.05, 3.63) is 75.1 Å². The molecule has 1 unspecified atom stereocenters. The maximum Gasteiger partial charge on any atom is 0.336 e. The standard InChI is InChI=1S/C23H25NO3/c1-4-17-11-21(25)27-23-16(3)22-19(10-20(17)23)13-24(14-26-22)12-15(2)18-8-6-5-7-9-18/h5-11,15H,4,12-14H2,1-3H3. The van der Waals surface area contributed by atoms with Crippen molar-refractivity contribution in [2.45, 2.75) is 39.7 Å². The number of nitrogens with zero attached hydrogens (tertiary/aromatic N) is 1. The molecule has 4 nitrogen and oxygen atoms in total. The van der Waals surface area contributed by atoms with Gasteiger partial charge in [0.25, 0.3) is 0 Å². The Labute approximate surface area is 159 Å². The zero-order valence-corrected chi connectivity index (χ0v) is 16.1. The predicted octanol–water partition coefficient (Wildman–Crippen LogP) is 4.62. The first kappa shape index (κ1) is 17.8. The molecule has 4 rings (SSSR count). The van der Waals surface area contributed by atoms with Crippen LogP contribution in [0.25, 0.3) is 11.0 Å². The molecule has 1 aromatic heterocycles. The van der Waals surface area contributed by atoms with E-state index in [4.69, 9.17) is 9.15 Å². The fourth-order valence-corrected chi connectivity index (χ4v) is 4.02. The van der Waals surface area contributed by atoms with Crippen molar-refractivity contribution < 1.29 is 9.15 Å². The number of fused-ring (bicyclic) bond motifs is 2. The van der Waals surface area contributed by atoms with Crippen LogP contribution < -0.4 is 10.4 Å². The second kappa shape index (κ2) is 7.20. The van der Waals surface area contributed by atoms with Crippen molar-refractivity contribution >= 4 is 11.0 Å². The number of rotatable bonds is 4. The van der Waals surface area contributed by atoms with E-state index in [1.54, 1.807) is 6.07 Å². The zero-order valence-electron chi connectivity index (χ0n) is 16.1. The summed E-state index contributed by atoms with van der Waals surface area (Å²) in [5.74, 6) is 1.30. The van der Waals surface area contributed by atoms with E-state index in [1.165, 1.54) is 5.56 Å². The van der Waals surface area contributed by atoms with Crippen molar-refractivity contribution in [1.29, 1.82) is 0 Å². The summed E-state index contributed by atoms with van der Waals surface area (Å²) >= 11 is 0. The molecule has 0 N–H and O–H groups in total. The van der Waals surface area contributed by atoms with Crippen molar-refractivity contribution in [2.24, 2.45) is 0 Å². The molecule has 27 heavy (non-hydrogen) atoms. The maximum absolute atomic E-state index is 11.9. The largest absolute Gasteiger partial charge is 0.477 e. The third-order valence-electron chi connectivity index (χ3n) is 5.44. The number of benzene rings is 2. The summed E-state index contributed by atoms with van der Waals surface area (Å²) in [6.07, 6.45) is 0.802. The highest BCUT2D eigenvalue weighted by atomic mass is 16.5. The van der Waals surface area contributed by atoms with Gasteiger partial charge in [0.1, 0.15) is 18.1 Å². The van der Waals surface area contributed by atoms with E-state index in [2.05, 4.69) is 49.1 Å². The first-order chi connectivity index (χ1) is 13.1. The van der Waals surface area contributed by atoms with Crippen LogP contribution in [-0.4, -0.2) is 18.2 Å². The van der Waals surface area contributed by atoms with E-state index in [9.17, 15) is 4.79 Å². The van der Waals surface area contributed by atoms with Gasteiger partial charge in [-0.05, 0) is 36.5 Å². The molecule has 140 valence electrons. The highest BCUT2D eigenvalue weighted by molar-refractivity contribution is 5.86. The summed E-state index contributed by atoms with van der Waals surface area (Å²) in [5, 5.41) is 1.02. The molecule has 0 amide bonds. The maximum atomic E-state index is 11.9. The summed E-state index contributed by atoms with van der Waals surface area (Å²) in [4.78, 5) is 14.2. The summed E-state index contributed by atoms with van der Waals surface area (Å²) in [5.41, 5.74) is 4.82. The van der Waals surface area contributed by atoms with Crippen molar-refractivity contribution in [1.82, 2.24) is 4.90 Å². The zero-order chi connectivity index (χ0) is 19.0. The highest BCUT2D eigenvalue weighted by Crippen LogP contribution is 2.36. The Bertz CT molecular complexity index is 1020. The van der Waals surface area contributed by atoms with Crippen LogP contribution in [0.4, 0.5) is 0 Å². The minimum Gasteiger partial charge on any atom is -0.477 e. The van der Waals surface area contributed by atoms with E-state index in [1.807, 2.05) is 13.0 Å². The van der Waals surface area contributed by atoms with E-state index >= 15 is 0 Å². The summed E-state index contributed by atoms with van der Waals surface area (Å²) in [6, 6.07) is 14.3. The van der Waals surface area contributed by atoms with Gasteiger partial charge < -0.3 is 9.15 Å². The Balaban J connectivity index is 1.65. The molecular weight excluding hydrogens is 338 g/mol. The lowest BCUT2D eigenvalue weighted by Crippen LogP contribution is -2.35. The lowest BCUT2D eigenvalue weighted by molar-refractivity contribution is 0.0900. The molecule has 2 heterocycles. The van der Waals surface area contributed by atoms with Gasteiger partial charge in [0, 0.05) is 35.7 Å². The fraction of sp³-hybridized carbons (Fsp3) is 0.348. The van der Waals surface area contributed by atoms with Crippen molar-refractivity contribution in [3.8, 4) is 5.75 Å². The van der Waals surface area contributed by atoms with Crippen LogP contribution in [-0.2, 0) is 13.0 Å². The van der Waals surface area contributed by atoms with E-state index < -0.39 is 0 Å². The smallest absolute Gasteiger partial charge is 0.336 e. The molecule has 4 heteroatoms. The van der Waals surface area contributed by atoms with Crippen LogP contribution in [0.2, 0.25) is 0 Å². The highest BCUT2D eigenvalue weighted by Gasteiger charge is 2.24. The number of hydrogen-bond donors (Lipinski definition) is 0. The molecule has 0 bridgehead atoms. The second-order valence-electron chi connectivity index (χ2n) is 7.41. The summed E-state index contributed by atoms with van der Waals surface area (Å²) < 4.78 is 11.6. The van der Waals surface area contributed by atoms with E-state index in [-0.39, 0.29) is 5.63 Å². The van der Waals surface area contributed by atoms with Crippen molar-refractivity contribution in [3.63, 3.8) is 0 Å². The predicted molar refractivity (Wildman–Crippen MR) is 107 cm³/mol. The first-order valence-electron chi connectivity index (χ1n) is 9.56. The molecule has 1 aliphatic rings. The first-order valence-corrected chi connectivity index (χ1v) is 9.56. The SMILES string of the molecule is CCc1cc(=O)oc2c(C)c3c(cc12)CN(CC(C)c1ccccc1)CO3. The summed E-state index contributed by atoms with van der Waals surface area (Å²) in [6.45, 7) is 8.62. The van der Waals surface area contributed by atoms with Gasteiger partial charge in [-0.1, -0.05) is 44.2 Å². The Morgan fingerprint density at radius 3 is 2.70 bits per heavy atom. The monoisotopic (exact) mass is 363 g/mol. The molecule has 0 spiro atoms. The molecule has 0 radical (unpaired) electrons. The molecule has 0 saturated heterocycles. The van der Waals surface area contributed by atoms with Crippen LogP contribution in [0.15, 0.2) is 51.7 Å². The lowest BCUT2D eigenvalue weighted by Gasteiger charge is -2.32. The minimum atomic E-state index is -0.295. The van der Waals surface area contributed by atoms with Crippen LogP contribution in [0.3, 0.4) is 0 Å². The number of aryl methyl sites for hydroxylation is 2. The van der Waals surface area contributed by atoms with Gasteiger partial charge in [-0.3, -0.25) is 4.90 Å². The Morgan fingerprint density at radius 1 is 1.19 bits per heavy atom. The third kappa shape index (κ3) is 3.37. The molecule has 1 atom stereocenters. The Hall–Kier alpha value is -2.59. The molecule has 0 saturated carbocycles. The topological polar surface area (TPSA) is 42.7 Å². The van der Waals surface area contributed by atoms with Gasteiger partial charge in [-0.2, -0.15) is 0 Å². The van der Waals surface area contributed by atoms with Crippen LogP contribution in [0.1, 0.15) is 42.0 Å². The molecule has 2 aromatic carbocycles. The van der Waals surface area contributed by atoms with Gasteiger partial charge in [-0.15, -0.1) is 0 Å². The second-order valence-corrected chi connectivity index (χ2v) is 7.41. The Kier molecular flexibility index (Phi) is 4.75. The molecule has 0 aliphatic carbocycles. The number of hydrogen-bond acceptors (Lipinski definition) is 4. The van der Waals surface area contributed by atoms with Gasteiger partial charge in [0.15, 0.2) is 0 Å². The van der Waals surface area contributed by atoms with Crippen LogP contribution >= 0.6 is 0 Å². The van der Waals surface area contributed by atoms with Crippen LogP contribution in [0, 0.1) is 6.92 Å². The summed E-state index contributed by atoms with van der Waals surface area (Å²) in [7, 11) is 0. The quantitative estimate of drug-likeness (QED) is 0.635. The normalized spacial score (nSPS) is 15.4. The van der Waals surface area contributed by atoms with Crippen LogP contribution in [0.5, 0.6) is 5.75 Å². The molecule has 0 fully saturated rings. The van der Waals surface area contributed by atoms with Gasteiger partial charge in [0.2, 0.25) is 0 Å². The lowest BCUT2D eigenvalue weighted by atomic mass is 9.98. The molecule has 3 aromatic rings. The molecular formula is C23H25NO3. The molecule has 1 aliphatic heterocycles. The third-order valence-corrected chi connectivity index (χ3v) is 5.44. The average Bonchev–Trinajstić information content (AvgIpc) is 2.69. The number of ether oxygens (including phenoxy) is 1. The minimum absolute atomic E-state index is 0.295. The van der Waals surface area contributed by atoms with E-state index in [0.717, 1.165) is 47.3 Å². The Morgan fingerprint density at radius 2 is 1.96 bits per heavy atom. The van der Waals surface area contributed by atoms with Gasteiger partial charge >= 0.3 is 5.63 Å². The van der Waals surface area contributed by atoms with Gasteiger partial charge in [-0.25, -0.2) is 4.79 Å². The fourth-order valence-electron chi connectivity index (χ4n) is 4.02. The van der Waals surface area contributed by atoms with Crippen molar-refractivity contribution in [2.75, 3.05) is 13.3 Å². The van der Waals surface area contributed by atoms with Gasteiger partial charge in [0.05, 0.1) is 0 Å².